The summed E-state index contributed by atoms with van der Waals surface area (Å²) in [6, 6.07) is 6.47. The van der Waals surface area contributed by atoms with E-state index in [2.05, 4.69) is 5.32 Å². The molecule has 12 heavy (non-hydrogen) atoms. The predicted molar refractivity (Wildman–Crippen MR) is 45.2 cm³/mol. The van der Waals surface area contributed by atoms with Crippen molar-refractivity contribution in [2.75, 3.05) is 13.3 Å². The molecule has 0 amide bonds. The summed E-state index contributed by atoms with van der Waals surface area (Å²) in [6.07, 6.45) is 0.734. The molecule has 0 aromatic heterocycles. The molecule has 0 spiro atoms. The SMILES string of the molecule is OCNCCc1cccc(F)c1. The lowest BCUT2D eigenvalue weighted by atomic mass is 10.1. The van der Waals surface area contributed by atoms with Crippen LogP contribution in [0.15, 0.2) is 24.3 Å². The first-order valence-electron chi connectivity index (χ1n) is 3.89. The molecular weight excluding hydrogens is 157 g/mol. The highest BCUT2D eigenvalue weighted by Gasteiger charge is 1.93. The number of rotatable bonds is 4. The monoisotopic (exact) mass is 169 g/mol. The van der Waals surface area contributed by atoms with Gasteiger partial charge in [-0.1, -0.05) is 12.1 Å². The van der Waals surface area contributed by atoms with Crippen LogP contribution >= 0.6 is 0 Å². The average Bonchev–Trinajstić information content (AvgIpc) is 2.05. The summed E-state index contributed by atoms with van der Waals surface area (Å²) < 4.78 is 12.6. The number of hydrogen-bond donors (Lipinski definition) is 2. The lowest BCUT2D eigenvalue weighted by Crippen LogP contribution is -2.17. The summed E-state index contributed by atoms with van der Waals surface area (Å²) in [4.78, 5) is 0. The van der Waals surface area contributed by atoms with Crippen LogP contribution in [0.5, 0.6) is 0 Å². The van der Waals surface area contributed by atoms with Gasteiger partial charge in [-0.2, -0.15) is 0 Å². The normalized spacial score (nSPS) is 10.2. The molecule has 0 saturated carbocycles. The van der Waals surface area contributed by atoms with E-state index < -0.39 is 0 Å². The van der Waals surface area contributed by atoms with Gasteiger partial charge >= 0.3 is 0 Å². The van der Waals surface area contributed by atoms with Crippen molar-refractivity contribution in [1.82, 2.24) is 5.32 Å². The highest BCUT2D eigenvalue weighted by molar-refractivity contribution is 5.16. The van der Waals surface area contributed by atoms with Crippen LogP contribution in [-0.2, 0) is 6.42 Å². The van der Waals surface area contributed by atoms with Crippen LogP contribution in [0, 0.1) is 5.82 Å². The van der Waals surface area contributed by atoms with E-state index in [0.29, 0.717) is 6.54 Å². The summed E-state index contributed by atoms with van der Waals surface area (Å²) in [5.41, 5.74) is 0.941. The van der Waals surface area contributed by atoms with Crippen molar-refractivity contribution in [2.24, 2.45) is 0 Å². The number of benzene rings is 1. The van der Waals surface area contributed by atoms with Crippen molar-refractivity contribution >= 4 is 0 Å². The molecule has 0 fully saturated rings. The van der Waals surface area contributed by atoms with Crippen LogP contribution in [-0.4, -0.2) is 18.4 Å². The Labute approximate surface area is 71.0 Å². The van der Waals surface area contributed by atoms with E-state index in [1.807, 2.05) is 6.07 Å². The summed E-state index contributed by atoms with van der Waals surface area (Å²) >= 11 is 0. The first-order chi connectivity index (χ1) is 5.83. The van der Waals surface area contributed by atoms with Gasteiger partial charge in [-0.3, -0.25) is 5.32 Å². The van der Waals surface area contributed by atoms with Gasteiger partial charge in [-0.25, -0.2) is 4.39 Å². The van der Waals surface area contributed by atoms with E-state index >= 15 is 0 Å². The van der Waals surface area contributed by atoms with E-state index in [9.17, 15) is 4.39 Å². The van der Waals surface area contributed by atoms with Gasteiger partial charge in [-0.05, 0) is 24.1 Å². The van der Waals surface area contributed by atoms with Gasteiger partial charge in [0.1, 0.15) is 5.82 Å². The van der Waals surface area contributed by atoms with Gasteiger partial charge in [0, 0.05) is 6.54 Å². The third-order valence-corrected chi connectivity index (χ3v) is 1.59. The second kappa shape index (κ2) is 4.85. The van der Waals surface area contributed by atoms with Crippen LogP contribution < -0.4 is 5.32 Å². The maximum absolute atomic E-state index is 12.6. The van der Waals surface area contributed by atoms with E-state index in [1.54, 1.807) is 6.07 Å². The van der Waals surface area contributed by atoms with Crippen LogP contribution in [0.2, 0.25) is 0 Å². The van der Waals surface area contributed by atoms with Crippen LogP contribution in [0.4, 0.5) is 4.39 Å². The Morgan fingerprint density at radius 1 is 1.42 bits per heavy atom. The minimum absolute atomic E-state index is 0.0324. The molecule has 0 aliphatic rings. The molecule has 3 heteroatoms. The standard InChI is InChI=1S/C9H12FNO/c10-9-3-1-2-8(6-9)4-5-11-7-12/h1-3,6,11-12H,4-5,7H2. The Morgan fingerprint density at radius 3 is 2.92 bits per heavy atom. The molecule has 2 nitrogen and oxygen atoms in total. The number of hydrogen-bond acceptors (Lipinski definition) is 2. The lowest BCUT2D eigenvalue weighted by molar-refractivity contribution is 0.262. The molecule has 0 radical (unpaired) electrons. The van der Waals surface area contributed by atoms with Crippen LogP contribution in [0.1, 0.15) is 5.56 Å². The van der Waals surface area contributed by atoms with Gasteiger partial charge in [0.2, 0.25) is 0 Å². The maximum atomic E-state index is 12.6. The van der Waals surface area contributed by atoms with Crippen molar-refractivity contribution in [3.05, 3.63) is 35.6 Å². The van der Waals surface area contributed by atoms with E-state index in [4.69, 9.17) is 5.11 Å². The van der Waals surface area contributed by atoms with Crippen molar-refractivity contribution in [3.63, 3.8) is 0 Å². The molecule has 0 heterocycles. The largest absolute Gasteiger partial charge is 0.381 e. The number of halogens is 1. The lowest BCUT2D eigenvalue weighted by Gasteiger charge is -2.01. The molecule has 1 aromatic rings. The van der Waals surface area contributed by atoms with E-state index in [-0.39, 0.29) is 12.5 Å². The smallest absolute Gasteiger partial charge is 0.123 e. The molecule has 1 rings (SSSR count). The average molecular weight is 169 g/mol. The van der Waals surface area contributed by atoms with E-state index in [0.717, 1.165) is 12.0 Å². The fourth-order valence-corrected chi connectivity index (χ4v) is 1.00. The van der Waals surface area contributed by atoms with Gasteiger partial charge < -0.3 is 5.11 Å². The maximum Gasteiger partial charge on any atom is 0.123 e. The molecule has 0 aliphatic carbocycles. The summed E-state index contributed by atoms with van der Waals surface area (Å²) in [5, 5.41) is 11.2. The Bertz CT molecular complexity index is 240. The Hall–Kier alpha value is -0.930. The molecule has 0 bridgehead atoms. The third kappa shape index (κ3) is 2.98. The first kappa shape index (κ1) is 9.16. The van der Waals surface area contributed by atoms with Gasteiger partial charge in [0.05, 0.1) is 6.73 Å². The van der Waals surface area contributed by atoms with Crippen molar-refractivity contribution < 1.29 is 9.50 Å². The molecule has 0 unspecified atom stereocenters. The highest BCUT2D eigenvalue weighted by atomic mass is 19.1. The zero-order valence-corrected chi connectivity index (χ0v) is 6.76. The molecule has 0 saturated heterocycles. The van der Waals surface area contributed by atoms with Crippen molar-refractivity contribution in [1.29, 1.82) is 0 Å². The minimum atomic E-state index is -0.212. The summed E-state index contributed by atoms with van der Waals surface area (Å²) in [7, 11) is 0. The van der Waals surface area contributed by atoms with Crippen LogP contribution in [0.3, 0.4) is 0 Å². The fraction of sp³-hybridized carbons (Fsp3) is 0.333. The minimum Gasteiger partial charge on any atom is -0.381 e. The fourth-order valence-electron chi connectivity index (χ4n) is 1.00. The third-order valence-electron chi connectivity index (χ3n) is 1.59. The molecule has 66 valence electrons. The molecule has 1 aromatic carbocycles. The van der Waals surface area contributed by atoms with Crippen molar-refractivity contribution in [2.45, 2.75) is 6.42 Å². The predicted octanol–water partition coefficient (Wildman–Crippen LogP) is 0.908. The number of aliphatic hydroxyl groups excluding tert-OH is 1. The first-order valence-corrected chi connectivity index (χ1v) is 3.89. The topological polar surface area (TPSA) is 32.3 Å². The van der Waals surface area contributed by atoms with Crippen LogP contribution in [0.25, 0.3) is 0 Å². The Morgan fingerprint density at radius 2 is 2.25 bits per heavy atom. The van der Waals surface area contributed by atoms with Crippen molar-refractivity contribution in [3.8, 4) is 0 Å². The zero-order chi connectivity index (χ0) is 8.81. The van der Waals surface area contributed by atoms with Gasteiger partial charge in [-0.15, -0.1) is 0 Å². The summed E-state index contributed by atoms with van der Waals surface area (Å²) in [6.45, 7) is 0.634. The highest BCUT2D eigenvalue weighted by Crippen LogP contribution is 2.03. The zero-order valence-electron chi connectivity index (χ0n) is 6.76. The second-order valence-electron chi connectivity index (χ2n) is 2.54. The van der Waals surface area contributed by atoms with Gasteiger partial charge in [0.15, 0.2) is 0 Å². The Balaban J connectivity index is 2.41. The number of nitrogens with one attached hydrogen (secondary N) is 1. The van der Waals surface area contributed by atoms with Gasteiger partial charge in [0.25, 0.3) is 0 Å². The Kier molecular flexibility index (Phi) is 3.70. The van der Waals surface area contributed by atoms with E-state index in [1.165, 1.54) is 12.1 Å². The molecule has 0 atom stereocenters. The summed E-state index contributed by atoms with van der Waals surface area (Å²) in [5.74, 6) is -0.212. The molecule has 2 N–H and O–H groups in total. The second-order valence-corrected chi connectivity index (χ2v) is 2.54. The molecule has 0 aliphatic heterocycles. The quantitative estimate of drug-likeness (QED) is 0.518. The number of aliphatic hydroxyl groups is 1. The molecular formula is C9H12FNO.